The molecule has 1 aromatic carbocycles. The topological polar surface area (TPSA) is 67.2 Å². The number of carbonyl (C=O) groups excluding carboxylic acids is 1. The number of benzene rings is 1. The summed E-state index contributed by atoms with van der Waals surface area (Å²) in [4.78, 5) is 10.9. The monoisotopic (exact) mass is 227 g/mol. The molecule has 4 nitrogen and oxygen atoms in total. The Morgan fingerprint density at radius 1 is 1.38 bits per heavy atom. The number of nitrogens with one attached hydrogen (secondary N) is 2. The molecule has 4 N–H and O–H groups in total. The lowest BCUT2D eigenvalue weighted by atomic mass is 10.1. The Hall–Kier alpha value is -1.69. The van der Waals surface area contributed by atoms with Crippen LogP contribution < -0.4 is 16.4 Å². The summed E-state index contributed by atoms with van der Waals surface area (Å²) in [6.45, 7) is 1.42. The van der Waals surface area contributed by atoms with Crippen LogP contribution in [-0.4, -0.2) is 25.0 Å². The molecule has 1 amide bonds. The lowest BCUT2D eigenvalue weighted by molar-refractivity contribution is 0.0996. The normalized spacial score (nSPS) is 15.6. The molecule has 0 aliphatic carbocycles. The van der Waals surface area contributed by atoms with Gasteiger partial charge in [-0.1, -0.05) is 0 Å². The maximum atomic E-state index is 13.3. The number of nitrogens with two attached hydrogens (primary N) is 1. The summed E-state index contributed by atoms with van der Waals surface area (Å²) in [7, 11) is 0. The van der Waals surface area contributed by atoms with E-state index < -0.39 is 17.5 Å². The molecule has 0 radical (unpaired) electrons. The molecule has 0 atom stereocenters. The second-order valence-corrected chi connectivity index (χ2v) is 3.68. The molecule has 86 valence electrons. The molecule has 2 rings (SSSR count). The van der Waals surface area contributed by atoms with Crippen molar-refractivity contribution in [1.82, 2.24) is 5.32 Å². The van der Waals surface area contributed by atoms with Gasteiger partial charge in [0.25, 0.3) is 5.91 Å². The van der Waals surface area contributed by atoms with Crippen LogP contribution in [0, 0.1) is 11.6 Å². The van der Waals surface area contributed by atoms with E-state index in [1.165, 1.54) is 0 Å². The van der Waals surface area contributed by atoms with E-state index in [1.807, 2.05) is 0 Å². The third-order valence-electron chi connectivity index (χ3n) is 2.46. The van der Waals surface area contributed by atoms with Gasteiger partial charge in [0, 0.05) is 19.2 Å². The molecule has 0 aromatic heterocycles. The molecule has 1 fully saturated rings. The highest BCUT2D eigenvalue weighted by atomic mass is 19.1. The Kier molecular flexibility index (Phi) is 2.74. The first-order valence-corrected chi connectivity index (χ1v) is 4.84. The summed E-state index contributed by atoms with van der Waals surface area (Å²) in [5.41, 5.74) is 4.76. The molecule has 1 aliphatic heterocycles. The van der Waals surface area contributed by atoms with Crippen molar-refractivity contribution in [1.29, 1.82) is 0 Å². The quantitative estimate of drug-likeness (QED) is 0.702. The van der Waals surface area contributed by atoms with Crippen LogP contribution in [0.5, 0.6) is 0 Å². The lowest BCUT2D eigenvalue weighted by Crippen LogP contribution is -2.51. The molecule has 6 heteroatoms. The third-order valence-corrected chi connectivity index (χ3v) is 2.46. The van der Waals surface area contributed by atoms with Crippen LogP contribution in [0.15, 0.2) is 12.1 Å². The molecule has 1 aromatic rings. The largest absolute Gasteiger partial charge is 0.377 e. The zero-order valence-corrected chi connectivity index (χ0v) is 8.39. The van der Waals surface area contributed by atoms with Gasteiger partial charge in [-0.3, -0.25) is 4.79 Å². The first kappa shape index (κ1) is 10.8. The van der Waals surface area contributed by atoms with Gasteiger partial charge in [-0.05, 0) is 6.07 Å². The zero-order valence-electron chi connectivity index (χ0n) is 8.39. The van der Waals surface area contributed by atoms with E-state index >= 15 is 0 Å². The van der Waals surface area contributed by atoms with Crippen molar-refractivity contribution in [2.24, 2.45) is 5.73 Å². The van der Waals surface area contributed by atoms with Gasteiger partial charge in [0.1, 0.15) is 11.6 Å². The van der Waals surface area contributed by atoms with E-state index in [1.54, 1.807) is 0 Å². The van der Waals surface area contributed by atoms with Crippen molar-refractivity contribution in [3.8, 4) is 0 Å². The summed E-state index contributed by atoms with van der Waals surface area (Å²) >= 11 is 0. The van der Waals surface area contributed by atoms with Crippen LogP contribution in [0.1, 0.15) is 10.4 Å². The molecular weight excluding hydrogens is 216 g/mol. The highest BCUT2D eigenvalue weighted by Gasteiger charge is 2.20. The Labute approximate surface area is 90.8 Å². The van der Waals surface area contributed by atoms with Gasteiger partial charge >= 0.3 is 0 Å². The number of hydrogen-bond donors (Lipinski definition) is 3. The Morgan fingerprint density at radius 3 is 2.56 bits per heavy atom. The number of primary amides is 1. The van der Waals surface area contributed by atoms with Crippen LogP contribution in [0.25, 0.3) is 0 Å². The van der Waals surface area contributed by atoms with Crippen LogP contribution >= 0.6 is 0 Å². The smallest absolute Gasteiger partial charge is 0.251 e. The van der Waals surface area contributed by atoms with Crippen molar-refractivity contribution in [2.45, 2.75) is 6.04 Å². The van der Waals surface area contributed by atoms with Crippen LogP contribution in [0.2, 0.25) is 0 Å². The van der Waals surface area contributed by atoms with E-state index in [2.05, 4.69) is 10.6 Å². The average Bonchev–Trinajstić information content (AvgIpc) is 2.13. The third kappa shape index (κ3) is 1.96. The highest BCUT2D eigenvalue weighted by Crippen LogP contribution is 2.20. The fraction of sp³-hybridized carbons (Fsp3) is 0.300. The van der Waals surface area contributed by atoms with Crippen LogP contribution in [0.3, 0.4) is 0 Å². The fourth-order valence-corrected chi connectivity index (χ4v) is 1.46. The molecule has 0 unspecified atom stereocenters. The Morgan fingerprint density at radius 2 is 2.06 bits per heavy atom. The van der Waals surface area contributed by atoms with Gasteiger partial charge in [0.15, 0.2) is 0 Å². The summed E-state index contributed by atoms with van der Waals surface area (Å²) in [5.74, 6) is -2.58. The number of hydrogen-bond acceptors (Lipinski definition) is 3. The standard InChI is InChI=1S/C10H11F2N3O/c11-7-2-8(12)9(1-6(7)10(13)16)15-5-3-14-4-5/h1-2,5,14-15H,3-4H2,(H2,13,16). The van der Waals surface area contributed by atoms with E-state index in [9.17, 15) is 13.6 Å². The first-order chi connectivity index (χ1) is 7.58. The minimum atomic E-state index is -0.942. The van der Waals surface area contributed by atoms with Crippen molar-refractivity contribution < 1.29 is 13.6 Å². The minimum Gasteiger partial charge on any atom is -0.377 e. The van der Waals surface area contributed by atoms with E-state index in [-0.39, 0.29) is 17.3 Å². The second kappa shape index (κ2) is 4.05. The molecule has 1 aliphatic rings. The number of carbonyl (C=O) groups is 1. The van der Waals surface area contributed by atoms with Gasteiger partial charge in [-0.2, -0.15) is 0 Å². The molecule has 16 heavy (non-hydrogen) atoms. The van der Waals surface area contributed by atoms with Crippen molar-refractivity contribution >= 4 is 11.6 Å². The summed E-state index contributed by atoms with van der Waals surface area (Å²) < 4.78 is 26.5. The molecule has 1 heterocycles. The Balaban J connectivity index is 2.28. The van der Waals surface area contributed by atoms with Gasteiger partial charge < -0.3 is 16.4 Å². The Bertz CT molecular complexity index is 432. The number of amides is 1. The van der Waals surface area contributed by atoms with Gasteiger partial charge in [0.2, 0.25) is 0 Å². The minimum absolute atomic E-state index is 0.0979. The molecule has 0 bridgehead atoms. The van der Waals surface area contributed by atoms with Crippen LogP contribution in [-0.2, 0) is 0 Å². The summed E-state index contributed by atoms with van der Waals surface area (Å²) in [6, 6.07) is 1.86. The van der Waals surface area contributed by atoms with E-state index in [4.69, 9.17) is 5.73 Å². The van der Waals surface area contributed by atoms with E-state index in [0.717, 1.165) is 6.07 Å². The highest BCUT2D eigenvalue weighted by molar-refractivity contribution is 5.94. The maximum Gasteiger partial charge on any atom is 0.251 e. The average molecular weight is 227 g/mol. The lowest BCUT2D eigenvalue weighted by Gasteiger charge is -2.29. The first-order valence-electron chi connectivity index (χ1n) is 4.84. The van der Waals surface area contributed by atoms with E-state index in [0.29, 0.717) is 19.2 Å². The summed E-state index contributed by atoms with van der Waals surface area (Å²) in [6.07, 6.45) is 0. The molecular formula is C10H11F2N3O. The number of anilines is 1. The molecule has 0 spiro atoms. The van der Waals surface area contributed by atoms with Crippen LogP contribution in [0.4, 0.5) is 14.5 Å². The summed E-state index contributed by atoms with van der Waals surface area (Å²) in [5, 5.41) is 5.86. The molecule has 0 saturated carbocycles. The predicted octanol–water partition coefficient (Wildman–Crippen LogP) is 0.447. The zero-order chi connectivity index (χ0) is 11.7. The predicted molar refractivity (Wildman–Crippen MR) is 55.2 cm³/mol. The SMILES string of the molecule is NC(=O)c1cc(NC2CNC2)c(F)cc1F. The number of rotatable bonds is 3. The van der Waals surface area contributed by atoms with Gasteiger partial charge in [-0.15, -0.1) is 0 Å². The second-order valence-electron chi connectivity index (χ2n) is 3.68. The number of halogens is 2. The van der Waals surface area contributed by atoms with Crippen molar-refractivity contribution in [2.75, 3.05) is 18.4 Å². The van der Waals surface area contributed by atoms with Crippen molar-refractivity contribution in [3.63, 3.8) is 0 Å². The van der Waals surface area contributed by atoms with Gasteiger partial charge in [0.05, 0.1) is 17.3 Å². The fourth-order valence-electron chi connectivity index (χ4n) is 1.46. The van der Waals surface area contributed by atoms with Gasteiger partial charge in [-0.25, -0.2) is 8.78 Å². The molecule has 1 saturated heterocycles. The van der Waals surface area contributed by atoms with Crippen molar-refractivity contribution in [3.05, 3.63) is 29.3 Å². The maximum absolute atomic E-state index is 13.3.